The lowest BCUT2D eigenvalue weighted by Gasteiger charge is -2.36. The monoisotopic (exact) mass is 490 g/mol. The number of hydrogen-bond donors (Lipinski definition) is 0. The van der Waals surface area contributed by atoms with Crippen LogP contribution in [0.5, 0.6) is 5.75 Å². The number of ether oxygens (including phenoxy) is 1. The van der Waals surface area contributed by atoms with E-state index in [-0.39, 0.29) is 40.9 Å². The molecule has 0 amide bonds. The maximum atomic E-state index is 15.2. The van der Waals surface area contributed by atoms with Crippen LogP contribution < -0.4 is 14.5 Å². The molecule has 0 N–H and O–H groups in total. The molecule has 0 spiro atoms. The molecule has 6 rings (SSSR count). The number of carbonyl (C=O) groups is 1. The third kappa shape index (κ3) is 3.98. The van der Waals surface area contributed by atoms with E-state index >= 15 is 4.39 Å². The molecular formula is C28H28F2N4O2. The summed E-state index contributed by atoms with van der Waals surface area (Å²) in [4.78, 5) is 26.4. The molecule has 8 heteroatoms. The van der Waals surface area contributed by atoms with Gasteiger partial charge in [0.05, 0.1) is 18.4 Å². The van der Waals surface area contributed by atoms with E-state index in [4.69, 9.17) is 4.74 Å². The first kappa shape index (κ1) is 22.9. The highest BCUT2D eigenvalue weighted by molar-refractivity contribution is 5.97. The largest absolute Gasteiger partial charge is 0.496 e. The minimum absolute atomic E-state index is 0.00524. The number of Topliss-reactive ketones (excluding diaryl/α,β-unsaturated/α-hetero) is 1. The highest BCUT2D eigenvalue weighted by Crippen LogP contribution is 2.43. The van der Waals surface area contributed by atoms with E-state index in [1.165, 1.54) is 44.0 Å². The molecule has 186 valence electrons. The number of benzene rings is 2. The zero-order valence-corrected chi connectivity index (χ0v) is 20.2. The molecule has 0 unspecified atom stereocenters. The predicted molar refractivity (Wildman–Crippen MR) is 134 cm³/mol. The predicted octanol–water partition coefficient (Wildman–Crippen LogP) is 5.05. The third-order valence-electron chi connectivity index (χ3n) is 7.77. The molecular weight excluding hydrogens is 462 g/mol. The van der Waals surface area contributed by atoms with Crippen LogP contribution in [0.15, 0.2) is 42.6 Å². The number of carbonyl (C=O) groups excluding carboxylic acids is 1. The number of nitrogens with zero attached hydrogens (tertiary/aromatic N) is 4. The van der Waals surface area contributed by atoms with Crippen LogP contribution in [-0.2, 0) is 6.42 Å². The van der Waals surface area contributed by atoms with Crippen LogP contribution in [0.3, 0.4) is 0 Å². The average Bonchev–Trinajstić information content (AvgIpc) is 3.48. The van der Waals surface area contributed by atoms with Crippen molar-refractivity contribution in [3.05, 3.63) is 65.5 Å². The fraction of sp³-hybridized carbons (Fsp3) is 0.393. The first-order chi connectivity index (χ1) is 17.5. The quantitative estimate of drug-likeness (QED) is 0.432. The van der Waals surface area contributed by atoms with Crippen LogP contribution >= 0.6 is 0 Å². The van der Waals surface area contributed by atoms with Gasteiger partial charge < -0.3 is 14.5 Å². The number of ketones is 1. The molecule has 2 atom stereocenters. The van der Waals surface area contributed by atoms with Crippen molar-refractivity contribution in [2.24, 2.45) is 5.92 Å². The van der Waals surface area contributed by atoms with Crippen molar-refractivity contribution in [2.75, 3.05) is 36.5 Å². The molecule has 1 aliphatic carbocycles. The van der Waals surface area contributed by atoms with Crippen molar-refractivity contribution in [1.29, 1.82) is 0 Å². The van der Waals surface area contributed by atoms with Crippen LogP contribution in [0, 0.1) is 17.6 Å². The van der Waals surface area contributed by atoms with E-state index in [0.717, 1.165) is 44.6 Å². The van der Waals surface area contributed by atoms with Gasteiger partial charge in [0, 0.05) is 44.0 Å². The Morgan fingerprint density at radius 3 is 2.67 bits per heavy atom. The summed E-state index contributed by atoms with van der Waals surface area (Å²) in [6.45, 7) is 2.65. The average molecular weight is 491 g/mol. The number of piperidine rings is 1. The number of aromatic nitrogens is 2. The van der Waals surface area contributed by atoms with Crippen LogP contribution in [0.4, 0.5) is 20.2 Å². The highest BCUT2D eigenvalue weighted by Gasteiger charge is 2.39. The molecule has 1 saturated carbocycles. The van der Waals surface area contributed by atoms with Gasteiger partial charge in [-0.25, -0.2) is 18.7 Å². The van der Waals surface area contributed by atoms with Crippen LogP contribution in [0.1, 0.15) is 41.7 Å². The van der Waals surface area contributed by atoms with Crippen LogP contribution in [0.25, 0.3) is 11.4 Å². The number of hydrogen-bond acceptors (Lipinski definition) is 6. The normalized spacial score (nSPS) is 20.5. The van der Waals surface area contributed by atoms with Gasteiger partial charge in [0.1, 0.15) is 23.1 Å². The lowest BCUT2D eigenvalue weighted by molar-refractivity contribution is 0.0988. The van der Waals surface area contributed by atoms with Gasteiger partial charge in [-0.15, -0.1) is 0 Å². The van der Waals surface area contributed by atoms with Crippen molar-refractivity contribution in [3.8, 4) is 17.1 Å². The smallest absolute Gasteiger partial charge is 0.185 e. The van der Waals surface area contributed by atoms with E-state index in [1.807, 2.05) is 6.07 Å². The molecule has 2 aromatic carbocycles. The number of methoxy groups -OCH3 is 1. The third-order valence-corrected chi connectivity index (χ3v) is 7.77. The maximum Gasteiger partial charge on any atom is 0.185 e. The van der Waals surface area contributed by atoms with Crippen LogP contribution in [0.2, 0.25) is 0 Å². The second-order valence-corrected chi connectivity index (χ2v) is 9.94. The highest BCUT2D eigenvalue weighted by atomic mass is 19.1. The Morgan fingerprint density at radius 1 is 1.11 bits per heavy atom. The molecule has 3 aliphatic rings. The molecule has 1 aromatic heterocycles. The molecule has 0 radical (unpaired) electrons. The fourth-order valence-electron chi connectivity index (χ4n) is 5.81. The van der Waals surface area contributed by atoms with E-state index in [1.54, 1.807) is 6.07 Å². The summed E-state index contributed by atoms with van der Waals surface area (Å²) in [6.07, 6.45) is 6.03. The minimum atomic E-state index is -0.533. The molecule has 3 heterocycles. The molecule has 2 aliphatic heterocycles. The Kier molecular flexibility index (Phi) is 5.82. The van der Waals surface area contributed by atoms with Crippen molar-refractivity contribution in [2.45, 2.75) is 38.1 Å². The first-order valence-electron chi connectivity index (χ1n) is 12.5. The van der Waals surface area contributed by atoms with Gasteiger partial charge in [0.15, 0.2) is 11.6 Å². The summed E-state index contributed by atoms with van der Waals surface area (Å²) in [5.41, 5.74) is 2.49. The number of rotatable bonds is 7. The van der Waals surface area contributed by atoms with Gasteiger partial charge in [-0.05, 0) is 67.5 Å². The van der Waals surface area contributed by atoms with Crippen molar-refractivity contribution < 1.29 is 18.3 Å². The van der Waals surface area contributed by atoms with Crippen LogP contribution in [-0.4, -0.2) is 48.5 Å². The number of anilines is 2. The SMILES string of the molecule is COc1cccc(F)c1-c1nccc(C(=O)Cc2cc(F)c(N3CCC3)cc2N2C[C@H]3CC[C@@H]2C3)n1. The zero-order chi connectivity index (χ0) is 24.8. The second kappa shape index (κ2) is 9.15. The number of halogens is 2. The molecule has 6 nitrogen and oxygen atoms in total. The van der Waals surface area contributed by atoms with Gasteiger partial charge in [-0.1, -0.05) is 6.07 Å². The topological polar surface area (TPSA) is 58.6 Å². The Labute approximate surface area is 208 Å². The summed E-state index contributed by atoms with van der Waals surface area (Å²) in [5, 5.41) is 0. The van der Waals surface area contributed by atoms with Gasteiger partial charge in [0.2, 0.25) is 0 Å². The molecule has 36 heavy (non-hydrogen) atoms. The number of fused-ring (bicyclic) bond motifs is 2. The molecule has 3 aromatic rings. The Morgan fingerprint density at radius 2 is 1.97 bits per heavy atom. The lowest BCUT2D eigenvalue weighted by atomic mass is 10.00. The van der Waals surface area contributed by atoms with E-state index in [2.05, 4.69) is 19.8 Å². The van der Waals surface area contributed by atoms with Crippen molar-refractivity contribution in [1.82, 2.24) is 9.97 Å². The first-order valence-corrected chi connectivity index (χ1v) is 12.5. The van der Waals surface area contributed by atoms with E-state index in [0.29, 0.717) is 23.2 Å². The Bertz CT molecular complexity index is 1330. The summed E-state index contributed by atoms with van der Waals surface area (Å²) < 4.78 is 35.1. The summed E-state index contributed by atoms with van der Waals surface area (Å²) in [6, 6.07) is 9.88. The van der Waals surface area contributed by atoms with Gasteiger partial charge in [-0.3, -0.25) is 4.79 Å². The summed E-state index contributed by atoms with van der Waals surface area (Å²) in [5.74, 6) is -0.0761. The molecule has 2 saturated heterocycles. The minimum Gasteiger partial charge on any atom is -0.496 e. The maximum absolute atomic E-state index is 15.2. The molecule has 2 bridgehead atoms. The summed E-state index contributed by atoms with van der Waals surface area (Å²) in [7, 11) is 1.44. The van der Waals surface area contributed by atoms with Crippen molar-refractivity contribution in [3.63, 3.8) is 0 Å². The Balaban J connectivity index is 1.34. The molecule has 3 fully saturated rings. The lowest BCUT2D eigenvalue weighted by Crippen LogP contribution is -2.38. The zero-order valence-electron chi connectivity index (χ0n) is 20.2. The summed E-state index contributed by atoms with van der Waals surface area (Å²) >= 11 is 0. The van der Waals surface area contributed by atoms with Gasteiger partial charge in [0.25, 0.3) is 0 Å². The van der Waals surface area contributed by atoms with Crippen molar-refractivity contribution >= 4 is 17.2 Å². The Hall–Kier alpha value is -3.55. The van der Waals surface area contributed by atoms with E-state index in [9.17, 15) is 9.18 Å². The standard InChI is InChI=1S/C28H28F2N4O2/c1-36-26-5-2-4-20(29)27(26)28-31-9-8-22(32-28)25(35)14-18-13-21(30)24(33-10-3-11-33)15-23(18)34-16-17-6-7-19(34)12-17/h2,4-5,8-9,13,15,17,19H,3,6-7,10-12,14,16H2,1H3/t17-,19+/m0/s1. The van der Waals surface area contributed by atoms with Gasteiger partial charge >= 0.3 is 0 Å². The second-order valence-electron chi connectivity index (χ2n) is 9.94. The fourth-order valence-corrected chi connectivity index (χ4v) is 5.81. The van der Waals surface area contributed by atoms with Gasteiger partial charge in [-0.2, -0.15) is 0 Å². The van der Waals surface area contributed by atoms with E-state index < -0.39 is 5.82 Å².